The fourth-order valence-corrected chi connectivity index (χ4v) is 4.35. The van der Waals surface area contributed by atoms with Crippen LogP contribution in [0.1, 0.15) is 45.4 Å². The second kappa shape index (κ2) is 8.53. The third-order valence-electron chi connectivity index (χ3n) is 6.15. The van der Waals surface area contributed by atoms with E-state index in [-0.39, 0.29) is 12.0 Å². The van der Waals surface area contributed by atoms with Crippen LogP contribution >= 0.6 is 0 Å². The van der Waals surface area contributed by atoms with Crippen LogP contribution in [0.4, 0.5) is 0 Å². The molecule has 0 aromatic carbocycles. The lowest BCUT2D eigenvalue weighted by molar-refractivity contribution is -0.140. The third-order valence-corrected chi connectivity index (χ3v) is 6.15. The third kappa shape index (κ3) is 4.46. The standard InChI is InChI=1S/C20H35N5O/c1-16(2)25(15-19-21-9-13-23(19)4)20(26)17-6-5-10-24(14-17)18-7-11-22(3)12-8-18/h9,13,16-18H,5-8,10-12,14-15H2,1-4H3/t17-/m0/s1. The molecule has 2 aliphatic rings. The van der Waals surface area contributed by atoms with Crippen LogP contribution < -0.4 is 0 Å². The number of carbonyl (C=O) groups is 1. The SMILES string of the molecule is CC(C)N(Cc1nccn1C)C(=O)[C@H]1CCCN(C2CCN(C)CC2)C1. The van der Waals surface area contributed by atoms with E-state index in [2.05, 4.69) is 35.7 Å². The van der Waals surface area contributed by atoms with E-state index in [1.165, 1.54) is 25.9 Å². The number of likely N-dealkylation sites (tertiary alicyclic amines) is 2. The van der Waals surface area contributed by atoms with Gasteiger partial charge in [-0.25, -0.2) is 4.98 Å². The van der Waals surface area contributed by atoms with Crippen LogP contribution in [-0.2, 0) is 18.4 Å². The molecule has 0 saturated carbocycles. The number of hydrogen-bond donors (Lipinski definition) is 0. The normalized spacial score (nSPS) is 23.5. The predicted molar refractivity (Wildman–Crippen MR) is 104 cm³/mol. The van der Waals surface area contributed by atoms with E-state index < -0.39 is 0 Å². The zero-order valence-corrected chi connectivity index (χ0v) is 16.9. The largest absolute Gasteiger partial charge is 0.337 e. The van der Waals surface area contributed by atoms with Gasteiger partial charge in [0.05, 0.1) is 12.5 Å². The highest BCUT2D eigenvalue weighted by molar-refractivity contribution is 5.79. The number of piperidine rings is 2. The summed E-state index contributed by atoms with van der Waals surface area (Å²) in [7, 11) is 4.20. The van der Waals surface area contributed by atoms with Crippen LogP contribution in [0, 0.1) is 5.92 Å². The summed E-state index contributed by atoms with van der Waals surface area (Å²) in [6.07, 6.45) is 8.38. The molecular weight excluding hydrogens is 326 g/mol. The Hall–Kier alpha value is -1.40. The molecule has 2 aliphatic heterocycles. The summed E-state index contributed by atoms with van der Waals surface area (Å²) in [6, 6.07) is 0.849. The molecule has 2 saturated heterocycles. The number of imidazole rings is 1. The first kappa shape index (κ1) is 19.4. The Bertz CT molecular complexity index is 591. The lowest BCUT2D eigenvalue weighted by Crippen LogP contribution is -2.51. The van der Waals surface area contributed by atoms with Gasteiger partial charge in [-0.05, 0) is 66.2 Å². The highest BCUT2D eigenvalue weighted by atomic mass is 16.2. The van der Waals surface area contributed by atoms with Gasteiger partial charge in [0.2, 0.25) is 5.91 Å². The summed E-state index contributed by atoms with van der Waals surface area (Å²) in [5.41, 5.74) is 0. The van der Waals surface area contributed by atoms with E-state index in [9.17, 15) is 4.79 Å². The number of aryl methyl sites for hydroxylation is 1. The van der Waals surface area contributed by atoms with Crippen molar-refractivity contribution in [2.24, 2.45) is 13.0 Å². The van der Waals surface area contributed by atoms with Crippen molar-refractivity contribution >= 4 is 5.91 Å². The first-order valence-corrected chi connectivity index (χ1v) is 10.1. The van der Waals surface area contributed by atoms with Crippen molar-refractivity contribution in [3.05, 3.63) is 18.2 Å². The second-order valence-corrected chi connectivity index (χ2v) is 8.38. The Labute approximate surface area is 158 Å². The topological polar surface area (TPSA) is 44.6 Å². The van der Waals surface area contributed by atoms with Gasteiger partial charge in [0.1, 0.15) is 5.82 Å². The molecule has 6 nitrogen and oxygen atoms in total. The zero-order valence-electron chi connectivity index (χ0n) is 16.9. The fraction of sp³-hybridized carbons (Fsp3) is 0.800. The van der Waals surface area contributed by atoms with Gasteiger partial charge in [-0.3, -0.25) is 9.69 Å². The maximum atomic E-state index is 13.3. The number of amides is 1. The molecule has 6 heteroatoms. The van der Waals surface area contributed by atoms with Crippen LogP contribution in [0.15, 0.2) is 12.4 Å². The minimum atomic E-state index is 0.131. The molecule has 3 rings (SSSR count). The first-order chi connectivity index (χ1) is 12.5. The molecule has 1 atom stereocenters. The molecule has 0 aliphatic carbocycles. The van der Waals surface area contributed by atoms with E-state index in [1.54, 1.807) is 6.20 Å². The van der Waals surface area contributed by atoms with E-state index in [1.807, 2.05) is 22.7 Å². The van der Waals surface area contributed by atoms with Gasteiger partial charge in [-0.1, -0.05) is 0 Å². The first-order valence-electron chi connectivity index (χ1n) is 10.1. The summed E-state index contributed by atoms with van der Waals surface area (Å²) in [4.78, 5) is 24.8. The van der Waals surface area contributed by atoms with Crippen molar-refractivity contribution in [1.82, 2.24) is 24.3 Å². The summed E-state index contributed by atoms with van der Waals surface area (Å²) in [5, 5.41) is 0. The summed E-state index contributed by atoms with van der Waals surface area (Å²) >= 11 is 0. The van der Waals surface area contributed by atoms with Crippen LogP contribution in [-0.4, -0.2) is 75.5 Å². The monoisotopic (exact) mass is 361 g/mol. The molecule has 26 heavy (non-hydrogen) atoms. The number of aromatic nitrogens is 2. The fourth-order valence-electron chi connectivity index (χ4n) is 4.35. The lowest BCUT2D eigenvalue weighted by Gasteiger charge is -2.42. The molecule has 1 aromatic heterocycles. The van der Waals surface area contributed by atoms with Crippen molar-refractivity contribution in [3.8, 4) is 0 Å². The van der Waals surface area contributed by atoms with E-state index in [0.29, 0.717) is 18.5 Å². The van der Waals surface area contributed by atoms with Crippen LogP contribution in [0.5, 0.6) is 0 Å². The molecule has 0 bridgehead atoms. The van der Waals surface area contributed by atoms with Gasteiger partial charge in [0, 0.05) is 38.1 Å². The molecule has 0 radical (unpaired) electrons. The molecule has 0 spiro atoms. The lowest BCUT2D eigenvalue weighted by atomic mass is 9.92. The van der Waals surface area contributed by atoms with Gasteiger partial charge in [-0.15, -0.1) is 0 Å². The van der Waals surface area contributed by atoms with Crippen molar-refractivity contribution < 1.29 is 4.79 Å². The van der Waals surface area contributed by atoms with Crippen molar-refractivity contribution in [3.63, 3.8) is 0 Å². The van der Waals surface area contributed by atoms with E-state index in [0.717, 1.165) is 31.8 Å². The molecule has 3 heterocycles. The molecule has 0 N–H and O–H groups in total. The molecule has 1 aromatic rings. The predicted octanol–water partition coefficient (Wildman–Crippen LogP) is 1.96. The Balaban J connectivity index is 1.63. The van der Waals surface area contributed by atoms with E-state index in [4.69, 9.17) is 0 Å². The minimum Gasteiger partial charge on any atom is -0.337 e. The van der Waals surface area contributed by atoms with Gasteiger partial charge < -0.3 is 14.4 Å². The summed E-state index contributed by atoms with van der Waals surface area (Å²) in [6.45, 7) is 9.26. The van der Waals surface area contributed by atoms with Gasteiger partial charge in [0.15, 0.2) is 0 Å². The van der Waals surface area contributed by atoms with E-state index >= 15 is 0 Å². The number of rotatable bonds is 5. The quantitative estimate of drug-likeness (QED) is 0.804. The van der Waals surface area contributed by atoms with Crippen LogP contribution in [0.25, 0.3) is 0 Å². The van der Waals surface area contributed by atoms with Crippen LogP contribution in [0.3, 0.4) is 0 Å². The molecule has 0 unspecified atom stereocenters. The molecule has 146 valence electrons. The maximum Gasteiger partial charge on any atom is 0.227 e. The smallest absolute Gasteiger partial charge is 0.227 e. The molecular formula is C20H35N5O. The Morgan fingerprint density at radius 2 is 1.96 bits per heavy atom. The van der Waals surface area contributed by atoms with Gasteiger partial charge >= 0.3 is 0 Å². The number of carbonyl (C=O) groups excluding carboxylic acids is 1. The van der Waals surface area contributed by atoms with Gasteiger partial charge in [-0.2, -0.15) is 0 Å². The Kier molecular flexibility index (Phi) is 6.35. The highest BCUT2D eigenvalue weighted by Gasteiger charge is 2.34. The Morgan fingerprint density at radius 3 is 2.58 bits per heavy atom. The number of nitrogens with zero attached hydrogens (tertiary/aromatic N) is 5. The highest BCUT2D eigenvalue weighted by Crippen LogP contribution is 2.25. The minimum absolute atomic E-state index is 0.131. The van der Waals surface area contributed by atoms with Crippen molar-refractivity contribution in [2.75, 3.05) is 33.2 Å². The average molecular weight is 362 g/mol. The average Bonchev–Trinajstić information content (AvgIpc) is 3.04. The zero-order chi connectivity index (χ0) is 18.7. The van der Waals surface area contributed by atoms with Crippen molar-refractivity contribution in [2.45, 2.75) is 58.2 Å². The molecule has 1 amide bonds. The van der Waals surface area contributed by atoms with Crippen molar-refractivity contribution in [1.29, 1.82) is 0 Å². The number of hydrogen-bond acceptors (Lipinski definition) is 4. The molecule has 2 fully saturated rings. The summed E-state index contributed by atoms with van der Waals surface area (Å²) < 4.78 is 2.01. The van der Waals surface area contributed by atoms with Crippen LogP contribution in [0.2, 0.25) is 0 Å². The summed E-state index contributed by atoms with van der Waals surface area (Å²) in [5.74, 6) is 1.39. The second-order valence-electron chi connectivity index (χ2n) is 8.38. The Morgan fingerprint density at radius 1 is 1.23 bits per heavy atom. The van der Waals surface area contributed by atoms with Gasteiger partial charge in [0.25, 0.3) is 0 Å². The maximum absolute atomic E-state index is 13.3.